The Hall–Kier alpha value is -2.38. The fourth-order valence-corrected chi connectivity index (χ4v) is 4.68. The first-order valence-corrected chi connectivity index (χ1v) is 10.4. The smallest absolute Gasteiger partial charge is 0.157 e. The zero-order valence-electron chi connectivity index (χ0n) is 16.8. The van der Waals surface area contributed by atoms with Gasteiger partial charge in [0.1, 0.15) is 12.0 Å². The Labute approximate surface area is 169 Å². The number of aromatic nitrogens is 4. The molecule has 2 fully saturated rings. The van der Waals surface area contributed by atoms with Crippen LogP contribution < -0.4 is 5.32 Å². The standard InChI is InChI=1S/C22H26FN5O/c1-12-5-15-10-25-28(21(15)8-18(12)17-3-4-24-11-19(17)23)22-9-20(26-13(2)27-22)14-6-16(29)7-14/h5,8-10,14,16-17,19,24,29H,3-4,6-7,11H2,1-2H3/t14?,16?,17-,19+/m1/s1. The Morgan fingerprint density at radius 1 is 1.17 bits per heavy atom. The van der Waals surface area contributed by atoms with Gasteiger partial charge in [0.05, 0.1) is 17.8 Å². The van der Waals surface area contributed by atoms with Crippen LogP contribution in [0.3, 0.4) is 0 Å². The first kappa shape index (κ1) is 18.6. The predicted octanol–water partition coefficient (Wildman–Crippen LogP) is 3.09. The molecule has 29 heavy (non-hydrogen) atoms. The largest absolute Gasteiger partial charge is 0.393 e. The zero-order chi connectivity index (χ0) is 20.1. The van der Waals surface area contributed by atoms with Crippen molar-refractivity contribution >= 4 is 10.9 Å². The third-order valence-corrected chi connectivity index (χ3v) is 6.36. The maximum Gasteiger partial charge on any atom is 0.157 e. The molecule has 7 heteroatoms. The Bertz CT molecular complexity index is 1060. The number of aryl methyl sites for hydroxylation is 2. The lowest BCUT2D eigenvalue weighted by Crippen LogP contribution is -2.36. The number of aliphatic hydroxyl groups is 1. The molecular formula is C22H26FN5O. The maximum atomic E-state index is 14.6. The number of piperidine rings is 1. The molecule has 0 unspecified atom stereocenters. The Morgan fingerprint density at radius 2 is 2.00 bits per heavy atom. The molecule has 3 heterocycles. The minimum absolute atomic E-state index is 0.0943. The Morgan fingerprint density at radius 3 is 2.76 bits per heavy atom. The molecule has 152 valence electrons. The highest BCUT2D eigenvalue weighted by Gasteiger charge is 2.31. The maximum absolute atomic E-state index is 14.6. The Kier molecular flexibility index (Phi) is 4.59. The van der Waals surface area contributed by atoms with E-state index in [0.29, 0.717) is 12.4 Å². The lowest BCUT2D eigenvalue weighted by molar-refractivity contribution is 0.0731. The van der Waals surface area contributed by atoms with Crippen molar-refractivity contribution in [3.8, 4) is 5.82 Å². The quantitative estimate of drug-likeness (QED) is 0.713. The second-order valence-electron chi connectivity index (χ2n) is 8.46. The van der Waals surface area contributed by atoms with E-state index in [1.165, 1.54) is 0 Å². The number of hydrogen-bond donors (Lipinski definition) is 2. The molecule has 1 aromatic carbocycles. The molecule has 1 saturated heterocycles. The monoisotopic (exact) mass is 395 g/mol. The molecule has 1 aliphatic carbocycles. The average molecular weight is 395 g/mol. The van der Waals surface area contributed by atoms with Crippen LogP contribution in [-0.4, -0.2) is 50.2 Å². The summed E-state index contributed by atoms with van der Waals surface area (Å²) >= 11 is 0. The minimum atomic E-state index is -0.880. The van der Waals surface area contributed by atoms with Crippen LogP contribution in [0.2, 0.25) is 0 Å². The van der Waals surface area contributed by atoms with Gasteiger partial charge in [-0.05, 0) is 62.9 Å². The van der Waals surface area contributed by atoms with E-state index in [2.05, 4.69) is 39.4 Å². The molecule has 6 nitrogen and oxygen atoms in total. The molecule has 0 radical (unpaired) electrons. The van der Waals surface area contributed by atoms with Gasteiger partial charge in [0.15, 0.2) is 5.82 Å². The molecule has 0 amide bonds. The van der Waals surface area contributed by atoms with E-state index in [1.54, 1.807) is 0 Å². The van der Waals surface area contributed by atoms with E-state index in [-0.39, 0.29) is 17.9 Å². The molecule has 2 aliphatic rings. The van der Waals surface area contributed by atoms with Crippen molar-refractivity contribution in [1.29, 1.82) is 0 Å². The summed E-state index contributed by atoms with van der Waals surface area (Å²) < 4.78 is 16.4. The van der Waals surface area contributed by atoms with Gasteiger partial charge in [0.2, 0.25) is 0 Å². The summed E-state index contributed by atoms with van der Waals surface area (Å²) in [5.74, 6) is 1.59. The molecule has 2 N–H and O–H groups in total. The second-order valence-corrected chi connectivity index (χ2v) is 8.46. The van der Waals surface area contributed by atoms with Crippen molar-refractivity contribution in [3.05, 3.63) is 47.0 Å². The van der Waals surface area contributed by atoms with Crippen molar-refractivity contribution in [2.75, 3.05) is 13.1 Å². The SMILES string of the molecule is Cc1nc(C2CC(O)C2)cc(-n2ncc3cc(C)c([C@H]4CCNC[C@@H]4F)cc32)n1. The third kappa shape index (κ3) is 3.32. The molecule has 0 bridgehead atoms. The summed E-state index contributed by atoms with van der Waals surface area (Å²) in [6.07, 6.45) is 3.01. The fraction of sp³-hybridized carbons (Fsp3) is 0.500. The molecule has 5 rings (SSSR count). The number of fused-ring (bicyclic) bond motifs is 1. The van der Waals surface area contributed by atoms with Crippen molar-refractivity contribution in [2.45, 2.75) is 57.2 Å². The lowest BCUT2D eigenvalue weighted by Gasteiger charge is -2.31. The highest BCUT2D eigenvalue weighted by atomic mass is 19.1. The summed E-state index contributed by atoms with van der Waals surface area (Å²) in [6.45, 7) is 5.18. The number of halogens is 1. The first-order chi connectivity index (χ1) is 14.0. The number of alkyl halides is 1. The van der Waals surface area contributed by atoms with Crippen molar-refractivity contribution < 1.29 is 9.50 Å². The van der Waals surface area contributed by atoms with Crippen LogP contribution in [0, 0.1) is 13.8 Å². The van der Waals surface area contributed by atoms with Crippen LogP contribution >= 0.6 is 0 Å². The van der Waals surface area contributed by atoms with Gasteiger partial charge in [0, 0.05) is 35.5 Å². The predicted molar refractivity (Wildman–Crippen MR) is 109 cm³/mol. The van der Waals surface area contributed by atoms with E-state index < -0.39 is 6.17 Å². The number of benzene rings is 1. The second kappa shape index (κ2) is 7.15. The molecule has 1 aliphatic heterocycles. The van der Waals surface area contributed by atoms with Crippen molar-refractivity contribution in [2.24, 2.45) is 0 Å². The van der Waals surface area contributed by atoms with Gasteiger partial charge < -0.3 is 10.4 Å². The molecular weight excluding hydrogens is 369 g/mol. The van der Waals surface area contributed by atoms with Gasteiger partial charge in [-0.3, -0.25) is 0 Å². The summed E-state index contributed by atoms with van der Waals surface area (Å²) in [5, 5.41) is 18.4. The molecule has 0 spiro atoms. The zero-order valence-corrected chi connectivity index (χ0v) is 16.8. The number of rotatable bonds is 3. The van der Waals surface area contributed by atoms with Gasteiger partial charge >= 0.3 is 0 Å². The van der Waals surface area contributed by atoms with Crippen molar-refractivity contribution in [3.63, 3.8) is 0 Å². The molecule has 3 aromatic rings. The normalized spacial score (nSPS) is 27.2. The van der Waals surface area contributed by atoms with E-state index >= 15 is 0 Å². The van der Waals surface area contributed by atoms with Gasteiger partial charge in [-0.25, -0.2) is 19.0 Å². The highest BCUT2D eigenvalue weighted by Crippen LogP contribution is 2.37. The summed E-state index contributed by atoms with van der Waals surface area (Å²) in [4.78, 5) is 9.18. The number of aliphatic hydroxyl groups excluding tert-OH is 1. The summed E-state index contributed by atoms with van der Waals surface area (Å²) in [7, 11) is 0. The Balaban J connectivity index is 1.58. The number of nitrogens with one attached hydrogen (secondary N) is 1. The third-order valence-electron chi connectivity index (χ3n) is 6.36. The van der Waals surface area contributed by atoms with E-state index in [4.69, 9.17) is 0 Å². The lowest BCUT2D eigenvalue weighted by atomic mass is 9.80. The number of nitrogens with zero attached hydrogens (tertiary/aromatic N) is 4. The van der Waals surface area contributed by atoms with Crippen molar-refractivity contribution in [1.82, 2.24) is 25.1 Å². The van der Waals surface area contributed by atoms with Gasteiger partial charge in [-0.2, -0.15) is 5.10 Å². The van der Waals surface area contributed by atoms with Crippen LogP contribution in [0.25, 0.3) is 16.7 Å². The van der Waals surface area contributed by atoms with Crippen LogP contribution in [0.4, 0.5) is 4.39 Å². The number of hydrogen-bond acceptors (Lipinski definition) is 5. The van der Waals surface area contributed by atoms with E-state index in [1.807, 2.05) is 23.9 Å². The molecule has 2 atom stereocenters. The first-order valence-electron chi connectivity index (χ1n) is 10.4. The minimum Gasteiger partial charge on any atom is -0.393 e. The summed E-state index contributed by atoms with van der Waals surface area (Å²) in [5.41, 5.74) is 4.06. The van der Waals surface area contributed by atoms with Gasteiger partial charge in [-0.1, -0.05) is 0 Å². The van der Waals surface area contributed by atoms with Crippen LogP contribution in [-0.2, 0) is 0 Å². The average Bonchev–Trinajstić information content (AvgIpc) is 3.07. The topological polar surface area (TPSA) is 75.9 Å². The molecule has 1 saturated carbocycles. The van der Waals surface area contributed by atoms with Crippen LogP contribution in [0.5, 0.6) is 0 Å². The van der Waals surface area contributed by atoms with Crippen LogP contribution in [0.1, 0.15) is 53.7 Å². The van der Waals surface area contributed by atoms with Gasteiger partial charge in [0.25, 0.3) is 0 Å². The van der Waals surface area contributed by atoms with E-state index in [0.717, 1.165) is 59.3 Å². The summed E-state index contributed by atoms with van der Waals surface area (Å²) in [6, 6.07) is 6.16. The fourth-order valence-electron chi connectivity index (χ4n) is 4.68. The van der Waals surface area contributed by atoms with Gasteiger partial charge in [-0.15, -0.1) is 0 Å². The van der Waals surface area contributed by atoms with E-state index in [9.17, 15) is 9.50 Å². The van der Waals surface area contributed by atoms with Crippen LogP contribution in [0.15, 0.2) is 24.4 Å². The molecule has 2 aromatic heterocycles. The highest BCUT2D eigenvalue weighted by molar-refractivity contribution is 5.82.